The van der Waals surface area contributed by atoms with E-state index >= 15 is 0 Å². The lowest BCUT2D eigenvalue weighted by atomic mass is 9.99. The van der Waals surface area contributed by atoms with Crippen molar-refractivity contribution in [2.75, 3.05) is 66.5 Å². The fourth-order valence-corrected chi connectivity index (χ4v) is 10.3. The molecule has 2 N–H and O–H groups in total. The van der Waals surface area contributed by atoms with Crippen molar-refractivity contribution in [1.82, 2.24) is 19.8 Å². The van der Waals surface area contributed by atoms with Crippen molar-refractivity contribution in [3.05, 3.63) is 142 Å². The van der Waals surface area contributed by atoms with E-state index < -0.39 is 14.9 Å². The number of rotatable bonds is 16. The fraction of sp³-hybridized carbons (Fsp3) is 0.304. The number of nitrogens with zero attached hydrogens (tertiary/aromatic N) is 6. The maximum atomic E-state index is 13.8. The van der Waals surface area contributed by atoms with Crippen LogP contribution in [-0.4, -0.2) is 90.7 Å². The summed E-state index contributed by atoms with van der Waals surface area (Å²) in [4.78, 5) is 28.8. The molecule has 0 spiro atoms. The first-order chi connectivity index (χ1) is 29.7. The van der Waals surface area contributed by atoms with E-state index in [4.69, 9.17) is 11.6 Å². The monoisotopic (exact) mass is 876 g/mol. The summed E-state index contributed by atoms with van der Waals surface area (Å²) in [7, 11) is -4.27. The number of anilines is 3. The number of nitrogens with one attached hydrogen (secondary N) is 2. The third-order valence-electron chi connectivity index (χ3n) is 11.4. The van der Waals surface area contributed by atoms with E-state index in [0.29, 0.717) is 21.7 Å². The summed E-state index contributed by atoms with van der Waals surface area (Å²) in [6.45, 7) is 7.19. The standard InChI is InChI=1S/C46H49ClN8O4S2/c47-36-15-13-34(14-16-36)41-12-6-5-9-35(41)31-53-25-27-54(28-26-53)38-17-19-42-44(29-38)48-33-49-46(42)51-61(58,59)40-18-20-43(45(30-40)55(56)57)50-37(21-24-52-22-7-2-8-23-52)32-60-39-10-3-1-4-11-39/h1,3-6,9-20,29-30,33,37,50H,2,7-8,21-28,31-32H2,(H,48,49,51)/t37-/m1/s1. The second kappa shape index (κ2) is 19.6. The first kappa shape index (κ1) is 42.4. The lowest BCUT2D eigenvalue weighted by Gasteiger charge is -2.36. The number of fused-ring (bicyclic) bond motifs is 1. The van der Waals surface area contributed by atoms with E-state index in [9.17, 15) is 18.5 Å². The number of likely N-dealkylation sites (tertiary alicyclic amines) is 1. The Balaban J connectivity index is 0.934. The lowest BCUT2D eigenvalue weighted by molar-refractivity contribution is -0.384. The largest absolute Gasteiger partial charge is 0.376 e. The van der Waals surface area contributed by atoms with Crippen LogP contribution in [0.5, 0.6) is 0 Å². The van der Waals surface area contributed by atoms with Gasteiger partial charge in [0.15, 0.2) is 5.82 Å². The van der Waals surface area contributed by atoms with Gasteiger partial charge in [0.25, 0.3) is 15.7 Å². The Bertz CT molecular complexity index is 2550. The SMILES string of the molecule is O=[N+]([O-])c1cc(S(=O)(=O)Nc2ncnc3cc(N4CCN(Cc5ccccc5-c5ccc(Cl)cc5)CC4)ccc23)ccc1N[C@H](CCN1CCCCC1)CSc1ccccc1. The Kier molecular flexibility index (Phi) is 13.7. The summed E-state index contributed by atoms with van der Waals surface area (Å²) in [5.74, 6) is 0.789. The van der Waals surface area contributed by atoms with Crippen LogP contribution in [0.15, 0.2) is 131 Å². The molecule has 1 atom stereocenters. The van der Waals surface area contributed by atoms with E-state index in [1.165, 1.54) is 48.8 Å². The van der Waals surface area contributed by atoms with Crippen LogP contribution in [0.2, 0.25) is 5.02 Å². The third kappa shape index (κ3) is 10.8. The highest BCUT2D eigenvalue weighted by Gasteiger charge is 2.26. The van der Waals surface area contributed by atoms with Gasteiger partial charge in [0.2, 0.25) is 0 Å². The zero-order valence-electron chi connectivity index (χ0n) is 33.8. The summed E-state index contributed by atoms with van der Waals surface area (Å²) >= 11 is 7.84. The number of thioether (sulfide) groups is 1. The van der Waals surface area contributed by atoms with Crippen molar-refractivity contribution in [2.24, 2.45) is 0 Å². The molecule has 2 aliphatic heterocycles. The zero-order chi connectivity index (χ0) is 42.2. The van der Waals surface area contributed by atoms with Gasteiger partial charge in [-0.15, -0.1) is 11.8 Å². The number of sulfonamides is 1. The van der Waals surface area contributed by atoms with Gasteiger partial charge in [0.1, 0.15) is 12.0 Å². The molecule has 3 heterocycles. The van der Waals surface area contributed by atoms with Gasteiger partial charge in [0, 0.05) is 78.1 Å². The lowest BCUT2D eigenvalue weighted by Crippen LogP contribution is -2.46. The van der Waals surface area contributed by atoms with Crippen LogP contribution in [-0.2, 0) is 16.6 Å². The van der Waals surface area contributed by atoms with Gasteiger partial charge in [-0.25, -0.2) is 18.4 Å². The Morgan fingerprint density at radius 1 is 0.803 bits per heavy atom. The molecule has 2 saturated heterocycles. The number of benzene rings is 5. The summed E-state index contributed by atoms with van der Waals surface area (Å²) in [5.41, 5.74) is 5.14. The molecule has 0 aliphatic carbocycles. The Morgan fingerprint density at radius 3 is 2.33 bits per heavy atom. The minimum atomic E-state index is -4.27. The van der Waals surface area contributed by atoms with Crippen LogP contribution in [0.3, 0.4) is 0 Å². The molecular formula is C46H49ClN8O4S2. The highest BCUT2D eigenvalue weighted by Crippen LogP contribution is 2.33. The smallest absolute Gasteiger partial charge is 0.293 e. The predicted octanol–water partition coefficient (Wildman–Crippen LogP) is 9.43. The van der Waals surface area contributed by atoms with Crippen molar-refractivity contribution in [2.45, 2.75) is 48.1 Å². The van der Waals surface area contributed by atoms with Crippen molar-refractivity contribution >= 4 is 67.2 Å². The Morgan fingerprint density at radius 2 is 1.56 bits per heavy atom. The number of piperazine rings is 1. The first-order valence-corrected chi connectivity index (χ1v) is 23.6. The maximum absolute atomic E-state index is 13.8. The predicted molar refractivity (Wildman–Crippen MR) is 247 cm³/mol. The molecule has 0 amide bonds. The molecule has 1 aromatic heterocycles. The average molecular weight is 878 g/mol. The molecule has 5 aromatic carbocycles. The van der Waals surface area contributed by atoms with Gasteiger partial charge in [-0.3, -0.25) is 19.7 Å². The van der Waals surface area contributed by atoms with Crippen LogP contribution >= 0.6 is 23.4 Å². The van der Waals surface area contributed by atoms with E-state index in [1.807, 2.05) is 48.5 Å². The Labute approximate surface area is 366 Å². The minimum absolute atomic E-state index is 0.0872. The molecule has 15 heteroatoms. The van der Waals surface area contributed by atoms with Crippen molar-refractivity contribution in [3.63, 3.8) is 0 Å². The van der Waals surface area contributed by atoms with Crippen LogP contribution in [0.25, 0.3) is 22.0 Å². The number of aromatic nitrogens is 2. The molecule has 2 fully saturated rings. The Hall–Kier alpha value is -5.25. The van der Waals surface area contributed by atoms with E-state index in [-0.39, 0.29) is 28.1 Å². The highest BCUT2D eigenvalue weighted by atomic mass is 35.5. The topological polar surface area (TPSA) is 137 Å². The molecular weight excluding hydrogens is 828 g/mol. The quantitative estimate of drug-likeness (QED) is 0.0547. The molecule has 0 radical (unpaired) electrons. The van der Waals surface area contributed by atoms with Gasteiger partial charge in [0.05, 0.1) is 15.3 Å². The summed E-state index contributed by atoms with van der Waals surface area (Å²) < 4.78 is 30.3. The zero-order valence-corrected chi connectivity index (χ0v) is 36.2. The first-order valence-electron chi connectivity index (χ1n) is 20.7. The molecule has 316 valence electrons. The van der Waals surface area contributed by atoms with Gasteiger partial charge in [-0.2, -0.15) is 0 Å². The third-order valence-corrected chi connectivity index (χ3v) is 14.2. The van der Waals surface area contributed by atoms with E-state index in [2.05, 4.69) is 83.2 Å². The van der Waals surface area contributed by atoms with Crippen LogP contribution in [0.4, 0.5) is 22.9 Å². The number of nitro benzene ring substituents is 1. The molecule has 8 rings (SSSR count). The van der Waals surface area contributed by atoms with E-state index in [1.54, 1.807) is 11.8 Å². The number of halogens is 1. The van der Waals surface area contributed by atoms with Gasteiger partial charge >= 0.3 is 0 Å². The molecule has 0 unspecified atom stereocenters. The fourth-order valence-electron chi connectivity index (χ4n) is 8.09. The number of piperidine rings is 1. The molecule has 61 heavy (non-hydrogen) atoms. The van der Waals surface area contributed by atoms with Gasteiger partial charge in [-0.05, 0) is 104 Å². The highest BCUT2D eigenvalue weighted by molar-refractivity contribution is 7.99. The minimum Gasteiger partial charge on any atom is -0.376 e. The van der Waals surface area contributed by atoms with Crippen LogP contribution in [0.1, 0.15) is 31.2 Å². The second-order valence-electron chi connectivity index (χ2n) is 15.5. The van der Waals surface area contributed by atoms with Gasteiger partial charge < -0.3 is 15.1 Å². The summed E-state index contributed by atoms with van der Waals surface area (Å²) in [6.07, 6.45) is 5.72. The summed E-state index contributed by atoms with van der Waals surface area (Å²) in [6, 6.07) is 36.2. The summed E-state index contributed by atoms with van der Waals surface area (Å²) in [5, 5.41) is 17.1. The number of nitro groups is 1. The van der Waals surface area contributed by atoms with Crippen LogP contribution < -0.4 is 14.9 Å². The van der Waals surface area contributed by atoms with Crippen molar-refractivity contribution < 1.29 is 13.3 Å². The average Bonchev–Trinajstić information content (AvgIpc) is 3.28. The number of hydrogen-bond acceptors (Lipinski definition) is 11. The second-order valence-corrected chi connectivity index (χ2v) is 18.8. The van der Waals surface area contributed by atoms with Gasteiger partial charge in [-0.1, -0.05) is 72.6 Å². The molecule has 0 saturated carbocycles. The van der Waals surface area contributed by atoms with E-state index in [0.717, 1.165) is 81.0 Å². The normalized spacial score (nSPS) is 15.7. The molecule has 0 bridgehead atoms. The van der Waals surface area contributed by atoms with Crippen LogP contribution in [0, 0.1) is 10.1 Å². The van der Waals surface area contributed by atoms with Crippen molar-refractivity contribution in [3.8, 4) is 11.1 Å². The molecule has 6 aromatic rings. The number of hydrogen-bond donors (Lipinski definition) is 2. The maximum Gasteiger partial charge on any atom is 0.293 e. The molecule has 2 aliphatic rings. The molecule has 12 nitrogen and oxygen atoms in total. The van der Waals surface area contributed by atoms with Crippen molar-refractivity contribution in [1.29, 1.82) is 0 Å².